The molecule has 5 rings (SSSR count). The lowest BCUT2D eigenvalue weighted by atomic mass is 10.1. The van der Waals surface area contributed by atoms with Crippen molar-refractivity contribution in [3.63, 3.8) is 0 Å². The molecule has 0 radical (unpaired) electrons. The standard InChI is InChI=1S/C18H15N5O4/c1-24-13-4-2-11(3-5-13)15-8-23-14(10-26-15)16(20-22-23)17-19-18(27-21-17)12-6-7-25-9-12/h2-7,9,15H,8,10H2,1H3/t15-/m1/s1. The maximum atomic E-state index is 6.02. The van der Waals surface area contributed by atoms with E-state index in [2.05, 4.69) is 20.5 Å². The normalized spacial score (nSPS) is 16.3. The first kappa shape index (κ1) is 15.8. The number of nitrogens with zero attached hydrogens (tertiary/aromatic N) is 5. The van der Waals surface area contributed by atoms with Crippen molar-refractivity contribution in [3.8, 4) is 28.7 Å². The maximum absolute atomic E-state index is 6.02. The molecule has 0 aliphatic carbocycles. The van der Waals surface area contributed by atoms with Crippen molar-refractivity contribution in [2.24, 2.45) is 0 Å². The monoisotopic (exact) mass is 365 g/mol. The molecule has 1 aliphatic rings. The Bertz CT molecular complexity index is 1050. The predicted molar refractivity (Wildman–Crippen MR) is 91.5 cm³/mol. The summed E-state index contributed by atoms with van der Waals surface area (Å²) in [7, 11) is 1.64. The van der Waals surface area contributed by atoms with Gasteiger partial charge in [-0.2, -0.15) is 4.98 Å². The Hall–Kier alpha value is -3.46. The van der Waals surface area contributed by atoms with Gasteiger partial charge in [-0.05, 0) is 23.8 Å². The predicted octanol–water partition coefficient (Wildman–Crippen LogP) is 2.87. The summed E-state index contributed by atoms with van der Waals surface area (Å²) < 4.78 is 23.4. The Balaban J connectivity index is 1.40. The van der Waals surface area contributed by atoms with Crippen LogP contribution in [0.25, 0.3) is 23.0 Å². The van der Waals surface area contributed by atoms with E-state index in [9.17, 15) is 0 Å². The molecule has 0 fully saturated rings. The molecule has 0 bridgehead atoms. The second-order valence-electron chi connectivity index (χ2n) is 6.07. The molecule has 9 heteroatoms. The molecular weight excluding hydrogens is 350 g/mol. The average molecular weight is 365 g/mol. The zero-order valence-electron chi connectivity index (χ0n) is 14.4. The Morgan fingerprint density at radius 3 is 2.85 bits per heavy atom. The SMILES string of the molecule is COc1ccc([C@H]2Cn3nnc(-c4noc(-c5ccoc5)n4)c3CO2)cc1. The zero-order valence-corrected chi connectivity index (χ0v) is 14.4. The second kappa shape index (κ2) is 6.36. The van der Waals surface area contributed by atoms with Gasteiger partial charge in [-0.3, -0.25) is 0 Å². The van der Waals surface area contributed by atoms with E-state index in [0.29, 0.717) is 36.1 Å². The minimum Gasteiger partial charge on any atom is -0.497 e. The maximum Gasteiger partial charge on any atom is 0.261 e. The van der Waals surface area contributed by atoms with E-state index in [1.54, 1.807) is 25.7 Å². The summed E-state index contributed by atoms with van der Waals surface area (Å²) in [6.07, 6.45) is 2.98. The highest BCUT2D eigenvalue weighted by atomic mass is 16.5. The smallest absolute Gasteiger partial charge is 0.261 e. The van der Waals surface area contributed by atoms with E-state index >= 15 is 0 Å². The van der Waals surface area contributed by atoms with Crippen molar-refractivity contribution in [1.29, 1.82) is 0 Å². The molecule has 27 heavy (non-hydrogen) atoms. The summed E-state index contributed by atoms with van der Waals surface area (Å²) in [5.74, 6) is 1.55. The molecule has 0 spiro atoms. The van der Waals surface area contributed by atoms with E-state index in [1.807, 2.05) is 28.9 Å². The molecule has 4 aromatic rings. The van der Waals surface area contributed by atoms with Crippen LogP contribution in [0.5, 0.6) is 5.75 Å². The van der Waals surface area contributed by atoms with Crippen molar-refractivity contribution in [3.05, 3.63) is 54.1 Å². The summed E-state index contributed by atoms with van der Waals surface area (Å²) in [6, 6.07) is 9.56. The molecule has 1 atom stereocenters. The first-order valence-electron chi connectivity index (χ1n) is 8.36. The van der Waals surface area contributed by atoms with Crippen LogP contribution in [0.3, 0.4) is 0 Å². The number of hydrogen-bond donors (Lipinski definition) is 0. The van der Waals surface area contributed by atoms with Gasteiger partial charge in [0.05, 0.1) is 37.8 Å². The first-order valence-corrected chi connectivity index (χ1v) is 8.36. The summed E-state index contributed by atoms with van der Waals surface area (Å²) in [5, 5.41) is 12.5. The molecule has 9 nitrogen and oxygen atoms in total. The highest BCUT2D eigenvalue weighted by Crippen LogP contribution is 2.31. The molecule has 1 aromatic carbocycles. The van der Waals surface area contributed by atoms with E-state index in [-0.39, 0.29) is 6.10 Å². The van der Waals surface area contributed by atoms with Gasteiger partial charge in [-0.25, -0.2) is 4.68 Å². The fourth-order valence-electron chi connectivity index (χ4n) is 3.03. The molecular formula is C18H15N5O4. The van der Waals surface area contributed by atoms with Gasteiger partial charge < -0.3 is 18.4 Å². The number of rotatable bonds is 4. The van der Waals surface area contributed by atoms with Gasteiger partial charge in [0.15, 0.2) is 5.69 Å². The Morgan fingerprint density at radius 2 is 2.07 bits per heavy atom. The van der Waals surface area contributed by atoms with Crippen LogP contribution in [0.4, 0.5) is 0 Å². The number of aromatic nitrogens is 5. The van der Waals surface area contributed by atoms with Crippen molar-refractivity contribution < 1.29 is 18.4 Å². The minimum absolute atomic E-state index is 0.107. The van der Waals surface area contributed by atoms with Crippen LogP contribution in [-0.4, -0.2) is 32.2 Å². The van der Waals surface area contributed by atoms with Gasteiger partial charge in [0.1, 0.15) is 18.1 Å². The highest BCUT2D eigenvalue weighted by Gasteiger charge is 2.27. The van der Waals surface area contributed by atoms with Crippen LogP contribution in [0.15, 0.2) is 51.8 Å². The van der Waals surface area contributed by atoms with E-state index in [4.69, 9.17) is 18.4 Å². The van der Waals surface area contributed by atoms with Crippen molar-refractivity contribution >= 4 is 0 Å². The molecule has 0 amide bonds. The van der Waals surface area contributed by atoms with Gasteiger partial charge in [0.2, 0.25) is 5.82 Å². The van der Waals surface area contributed by atoms with Crippen molar-refractivity contribution in [2.45, 2.75) is 19.3 Å². The van der Waals surface area contributed by atoms with E-state index < -0.39 is 0 Å². The average Bonchev–Trinajstić information content (AvgIpc) is 3.46. The van der Waals surface area contributed by atoms with Gasteiger partial charge >= 0.3 is 0 Å². The fourth-order valence-corrected chi connectivity index (χ4v) is 3.03. The van der Waals surface area contributed by atoms with E-state index in [1.165, 1.54) is 0 Å². The third-order valence-electron chi connectivity index (χ3n) is 4.49. The lowest BCUT2D eigenvalue weighted by Gasteiger charge is -2.24. The lowest BCUT2D eigenvalue weighted by molar-refractivity contribution is -0.00114. The summed E-state index contributed by atoms with van der Waals surface area (Å²) in [6.45, 7) is 0.912. The number of fused-ring (bicyclic) bond motifs is 1. The number of hydrogen-bond acceptors (Lipinski definition) is 8. The second-order valence-corrected chi connectivity index (χ2v) is 6.07. The third kappa shape index (κ3) is 2.77. The van der Waals surface area contributed by atoms with Crippen LogP contribution in [0, 0.1) is 0 Å². The van der Waals surface area contributed by atoms with Crippen LogP contribution >= 0.6 is 0 Å². The third-order valence-corrected chi connectivity index (χ3v) is 4.49. The molecule has 1 aliphatic heterocycles. The van der Waals surface area contributed by atoms with E-state index in [0.717, 1.165) is 17.0 Å². The summed E-state index contributed by atoms with van der Waals surface area (Å²) >= 11 is 0. The summed E-state index contributed by atoms with van der Waals surface area (Å²) in [4.78, 5) is 4.38. The molecule has 136 valence electrons. The fraction of sp³-hybridized carbons (Fsp3) is 0.222. The van der Waals surface area contributed by atoms with Crippen LogP contribution in [0.1, 0.15) is 17.4 Å². The Kier molecular flexibility index (Phi) is 3.72. The van der Waals surface area contributed by atoms with Gasteiger partial charge in [-0.1, -0.05) is 22.5 Å². The number of ether oxygens (including phenoxy) is 2. The molecule has 0 saturated heterocycles. The molecule has 0 saturated carbocycles. The molecule has 3 aromatic heterocycles. The van der Waals surface area contributed by atoms with Crippen LogP contribution < -0.4 is 4.74 Å². The topological polar surface area (TPSA) is 101 Å². The molecule has 4 heterocycles. The van der Waals surface area contributed by atoms with Gasteiger partial charge in [-0.15, -0.1) is 5.10 Å². The zero-order chi connectivity index (χ0) is 18.2. The lowest BCUT2D eigenvalue weighted by Crippen LogP contribution is -2.22. The number of benzene rings is 1. The minimum atomic E-state index is -0.107. The van der Waals surface area contributed by atoms with Gasteiger partial charge in [0.25, 0.3) is 5.89 Å². The van der Waals surface area contributed by atoms with Crippen LogP contribution in [-0.2, 0) is 17.9 Å². The number of furan rings is 1. The van der Waals surface area contributed by atoms with Crippen molar-refractivity contribution in [1.82, 2.24) is 25.1 Å². The first-order chi connectivity index (χ1) is 13.3. The summed E-state index contributed by atoms with van der Waals surface area (Å²) in [5.41, 5.74) is 3.15. The van der Waals surface area contributed by atoms with Crippen LogP contribution in [0.2, 0.25) is 0 Å². The molecule has 0 unspecified atom stereocenters. The largest absolute Gasteiger partial charge is 0.497 e. The quantitative estimate of drug-likeness (QED) is 0.544. The van der Waals surface area contributed by atoms with Crippen molar-refractivity contribution in [2.75, 3.05) is 7.11 Å². The Morgan fingerprint density at radius 1 is 1.19 bits per heavy atom. The number of methoxy groups -OCH3 is 1. The molecule has 0 N–H and O–H groups in total. The Labute approximate surface area is 153 Å². The highest BCUT2D eigenvalue weighted by molar-refractivity contribution is 5.57. The van der Waals surface area contributed by atoms with Gasteiger partial charge in [0, 0.05) is 0 Å².